The van der Waals surface area contributed by atoms with Crippen LogP contribution in [0, 0.1) is 17.8 Å². The second kappa shape index (κ2) is 14.8. The van der Waals surface area contributed by atoms with E-state index in [0.29, 0.717) is 12.6 Å². The van der Waals surface area contributed by atoms with Crippen LogP contribution in [-0.2, 0) is 27.4 Å². The second-order valence-corrected chi connectivity index (χ2v) is 15.9. The molecule has 6 aliphatic rings. The lowest BCUT2D eigenvalue weighted by Gasteiger charge is -2.56. The Labute approximate surface area is 296 Å². The molecule has 6 fully saturated rings. The standard InChI is InChI=1S/C42H53N3O5/c1-48-27-36-6-4-16-45(36)25-37-20-39(33-10-8-28(26-46)9-11-33)50-40(49-37)34-14-12-32(13-15-34)38-7-3-2-5-35(38)24-43-41(47)44-42-21-29-17-30(22-42)19-31(18-29)23-42/h2-3,5,7-15,29-31,36-37,39-40,46H,4,6,16-27H2,1H3,(H2,43,44,47)/t29?,30?,31?,36-,37+,39-,40-,42?/m0/s1. The third-order valence-electron chi connectivity index (χ3n) is 12.3. The number of amides is 2. The predicted molar refractivity (Wildman–Crippen MR) is 193 cm³/mol. The van der Waals surface area contributed by atoms with Crippen molar-refractivity contribution in [1.82, 2.24) is 15.5 Å². The lowest BCUT2D eigenvalue weighted by atomic mass is 9.53. The number of hydrogen-bond acceptors (Lipinski definition) is 6. The number of carbonyl (C=O) groups excluding carboxylic acids is 1. The minimum atomic E-state index is -0.501. The van der Waals surface area contributed by atoms with Crippen LogP contribution >= 0.6 is 0 Å². The van der Waals surface area contributed by atoms with Crippen molar-refractivity contribution in [2.24, 2.45) is 17.8 Å². The molecule has 266 valence electrons. The maximum absolute atomic E-state index is 13.2. The highest BCUT2D eigenvalue weighted by atomic mass is 16.7. The monoisotopic (exact) mass is 679 g/mol. The molecular weight excluding hydrogens is 626 g/mol. The van der Waals surface area contributed by atoms with Crippen LogP contribution in [-0.4, -0.2) is 60.5 Å². The first-order chi connectivity index (χ1) is 24.5. The van der Waals surface area contributed by atoms with Gasteiger partial charge in [-0.3, -0.25) is 4.90 Å². The quantitative estimate of drug-likeness (QED) is 0.198. The molecule has 9 rings (SSSR count). The number of benzene rings is 3. The van der Waals surface area contributed by atoms with E-state index >= 15 is 0 Å². The number of nitrogens with zero attached hydrogens (tertiary/aromatic N) is 1. The van der Waals surface area contributed by atoms with Crippen LogP contribution in [0.25, 0.3) is 11.1 Å². The van der Waals surface area contributed by atoms with Gasteiger partial charge >= 0.3 is 6.03 Å². The van der Waals surface area contributed by atoms with Gasteiger partial charge in [0.15, 0.2) is 6.29 Å². The number of carbonyl (C=O) groups is 1. The molecule has 2 heterocycles. The molecule has 2 aliphatic heterocycles. The van der Waals surface area contributed by atoms with Gasteiger partial charge in [-0.1, -0.05) is 72.8 Å². The molecule has 0 spiro atoms. The number of likely N-dealkylation sites (tertiary alicyclic amines) is 1. The minimum absolute atomic E-state index is 0.00154. The van der Waals surface area contributed by atoms with E-state index in [9.17, 15) is 9.90 Å². The first kappa shape index (κ1) is 33.9. The molecule has 50 heavy (non-hydrogen) atoms. The van der Waals surface area contributed by atoms with E-state index in [4.69, 9.17) is 14.2 Å². The lowest BCUT2D eigenvalue weighted by Crippen LogP contribution is -2.61. The molecule has 4 atom stereocenters. The summed E-state index contributed by atoms with van der Waals surface area (Å²) in [6, 6.07) is 25.3. The highest BCUT2D eigenvalue weighted by Crippen LogP contribution is 2.55. The van der Waals surface area contributed by atoms with E-state index < -0.39 is 6.29 Å². The van der Waals surface area contributed by atoms with Crippen LogP contribution in [0.3, 0.4) is 0 Å². The molecule has 3 aromatic rings. The molecule has 0 aromatic heterocycles. The Morgan fingerprint density at radius 2 is 1.60 bits per heavy atom. The molecule has 4 bridgehead atoms. The molecule has 4 saturated carbocycles. The molecular formula is C42H53N3O5. The summed E-state index contributed by atoms with van der Waals surface area (Å²) in [5, 5.41) is 16.2. The maximum Gasteiger partial charge on any atom is 0.315 e. The summed E-state index contributed by atoms with van der Waals surface area (Å²) in [5.41, 5.74) is 6.26. The van der Waals surface area contributed by atoms with Crippen molar-refractivity contribution in [2.75, 3.05) is 26.8 Å². The number of urea groups is 1. The van der Waals surface area contributed by atoms with Gasteiger partial charge in [-0.2, -0.15) is 0 Å². The predicted octanol–water partition coefficient (Wildman–Crippen LogP) is 7.27. The van der Waals surface area contributed by atoms with Crippen LogP contribution in [0.2, 0.25) is 0 Å². The van der Waals surface area contributed by atoms with Crippen molar-refractivity contribution in [2.45, 2.75) is 101 Å². The fourth-order valence-electron chi connectivity index (χ4n) is 10.3. The van der Waals surface area contributed by atoms with Crippen molar-refractivity contribution < 1.29 is 24.1 Å². The SMILES string of the molecule is COC[C@@H]1CCCN1C[C@H]1C[C@@H](c2ccc(CO)cc2)O[C@@H](c2ccc(-c3ccccc3CNC(=O)NC34CC5CC(CC(C5)C3)C4)cc2)O1. The fraction of sp³-hybridized carbons (Fsp3) is 0.548. The van der Waals surface area contributed by atoms with Gasteiger partial charge in [-0.25, -0.2) is 4.79 Å². The molecule has 0 unspecified atom stereocenters. The summed E-state index contributed by atoms with van der Waals surface area (Å²) < 4.78 is 18.9. The summed E-state index contributed by atoms with van der Waals surface area (Å²) in [7, 11) is 1.78. The van der Waals surface area contributed by atoms with Crippen molar-refractivity contribution in [3.8, 4) is 11.1 Å². The van der Waals surface area contributed by atoms with E-state index in [-0.39, 0.29) is 30.4 Å². The zero-order chi connectivity index (χ0) is 34.1. The molecule has 3 aromatic carbocycles. The van der Waals surface area contributed by atoms with Crippen LogP contribution < -0.4 is 10.6 Å². The van der Waals surface area contributed by atoms with E-state index in [1.165, 1.54) is 25.7 Å². The molecule has 2 saturated heterocycles. The third-order valence-corrected chi connectivity index (χ3v) is 12.3. The van der Waals surface area contributed by atoms with Gasteiger partial charge in [0, 0.05) is 43.8 Å². The number of rotatable bonds is 11. The first-order valence-electron chi connectivity index (χ1n) is 18.9. The Balaban J connectivity index is 0.951. The van der Waals surface area contributed by atoms with Crippen molar-refractivity contribution >= 4 is 6.03 Å². The highest BCUT2D eigenvalue weighted by molar-refractivity contribution is 5.76. The van der Waals surface area contributed by atoms with Crippen LogP contribution in [0.4, 0.5) is 4.79 Å². The van der Waals surface area contributed by atoms with Gasteiger partial charge in [-0.05, 0) is 103 Å². The molecule has 3 N–H and O–H groups in total. The smallest absolute Gasteiger partial charge is 0.315 e. The van der Waals surface area contributed by atoms with Gasteiger partial charge in [-0.15, -0.1) is 0 Å². The molecule has 8 heteroatoms. The average Bonchev–Trinajstić information content (AvgIpc) is 3.56. The topological polar surface area (TPSA) is 92.3 Å². The summed E-state index contributed by atoms with van der Waals surface area (Å²) in [6.07, 6.45) is 10.0. The first-order valence-corrected chi connectivity index (χ1v) is 18.9. The van der Waals surface area contributed by atoms with Crippen LogP contribution in [0.1, 0.15) is 92.4 Å². The summed E-state index contributed by atoms with van der Waals surface area (Å²) >= 11 is 0. The Morgan fingerprint density at radius 1 is 0.900 bits per heavy atom. The zero-order valence-electron chi connectivity index (χ0n) is 29.4. The summed E-state index contributed by atoms with van der Waals surface area (Å²) in [5.74, 6) is 2.38. The Hall–Kier alpha value is -3.27. The molecule has 4 aliphatic carbocycles. The van der Waals surface area contributed by atoms with Gasteiger partial charge in [0.2, 0.25) is 0 Å². The third kappa shape index (κ3) is 7.37. The minimum Gasteiger partial charge on any atom is -0.392 e. The fourth-order valence-corrected chi connectivity index (χ4v) is 10.3. The van der Waals surface area contributed by atoms with E-state index in [0.717, 1.165) is 103 Å². The number of aliphatic hydroxyl groups is 1. The summed E-state index contributed by atoms with van der Waals surface area (Å²) in [4.78, 5) is 15.8. The Morgan fingerprint density at radius 3 is 2.30 bits per heavy atom. The summed E-state index contributed by atoms with van der Waals surface area (Å²) in [6.45, 7) is 3.14. The van der Waals surface area contributed by atoms with Crippen molar-refractivity contribution in [1.29, 1.82) is 0 Å². The van der Waals surface area contributed by atoms with E-state index in [1.54, 1.807) is 7.11 Å². The zero-order valence-corrected chi connectivity index (χ0v) is 29.4. The van der Waals surface area contributed by atoms with Gasteiger partial charge in [0.05, 0.1) is 25.4 Å². The number of methoxy groups -OCH3 is 1. The van der Waals surface area contributed by atoms with E-state index in [2.05, 4.69) is 70.1 Å². The number of hydrogen-bond donors (Lipinski definition) is 3. The second-order valence-electron chi connectivity index (χ2n) is 15.9. The lowest BCUT2D eigenvalue weighted by molar-refractivity contribution is -0.253. The Kier molecular flexibility index (Phi) is 9.99. The average molecular weight is 680 g/mol. The molecule has 0 radical (unpaired) electrons. The van der Waals surface area contributed by atoms with Crippen LogP contribution in [0.5, 0.6) is 0 Å². The normalized spacial score (nSPS) is 31.9. The van der Waals surface area contributed by atoms with Gasteiger partial charge < -0.3 is 30.0 Å². The Bertz CT molecular complexity index is 1580. The number of ether oxygens (including phenoxy) is 3. The van der Waals surface area contributed by atoms with Crippen molar-refractivity contribution in [3.63, 3.8) is 0 Å². The van der Waals surface area contributed by atoms with E-state index in [1.807, 2.05) is 18.2 Å². The largest absolute Gasteiger partial charge is 0.392 e. The highest BCUT2D eigenvalue weighted by Gasteiger charge is 2.51. The van der Waals surface area contributed by atoms with Crippen LogP contribution in [0.15, 0.2) is 72.8 Å². The number of nitrogens with one attached hydrogen (secondary N) is 2. The van der Waals surface area contributed by atoms with Gasteiger partial charge in [0.25, 0.3) is 0 Å². The van der Waals surface area contributed by atoms with Crippen molar-refractivity contribution in [3.05, 3.63) is 95.1 Å². The molecule has 8 nitrogen and oxygen atoms in total. The molecule has 2 amide bonds. The number of aliphatic hydroxyl groups excluding tert-OH is 1. The van der Waals surface area contributed by atoms with Gasteiger partial charge in [0.1, 0.15) is 0 Å². The maximum atomic E-state index is 13.2.